The first kappa shape index (κ1) is 15.9. The molecule has 1 saturated carbocycles. The van der Waals surface area contributed by atoms with Crippen molar-refractivity contribution in [3.63, 3.8) is 0 Å². The Morgan fingerprint density at radius 3 is 2.44 bits per heavy atom. The van der Waals surface area contributed by atoms with Gasteiger partial charge >= 0.3 is 0 Å². The van der Waals surface area contributed by atoms with Crippen molar-refractivity contribution in [2.45, 2.75) is 38.1 Å². The van der Waals surface area contributed by atoms with Gasteiger partial charge in [-0.2, -0.15) is 0 Å². The van der Waals surface area contributed by atoms with Crippen LogP contribution >= 0.6 is 0 Å². The van der Waals surface area contributed by atoms with Crippen molar-refractivity contribution < 1.29 is 9.47 Å². The predicted octanol–water partition coefficient (Wildman–Crippen LogP) is 1.49. The van der Waals surface area contributed by atoms with E-state index in [0.717, 1.165) is 45.2 Å². The molecule has 1 aliphatic rings. The van der Waals surface area contributed by atoms with Gasteiger partial charge in [-0.25, -0.2) is 0 Å². The number of hydrogen-bond acceptors (Lipinski definition) is 4. The molecule has 4 heteroatoms. The average molecular weight is 258 g/mol. The van der Waals surface area contributed by atoms with Crippen LogP contribution in [0.5, 0.6) is 0 Å². The molecule has 1 rings (SSSR count). The van der Waals surface area contributed by atoms with Crippen LogP contribution in [0.4, 0.5) is 0 Å². The van der Waals surface area contributed by atoms with Crippen LogP contribution in [-0.4, -0.2) is 58.0 Å². The highest BCUT2D eigenvalue weighted by Crippen LogP contribution is 2.26. The summed E-state index contributed by atoms with van der Waals surface area (Å²) in [5, 5.41) is 0. The summed E-state index contributed by atoms with van der Waals surface area (Å²) in [6.07, 6.45) is 6.17. The number of nitrogens with zero attached hydrogens (tertiary/aromatic N) is 1. The smallest absolute Gasteiger partial charge is 0.0589 e. The van der Waals surface area contributed by atoms with E-state index >= 15 is 0 Å². The Balaban J connectivity index is 2.21. The van der Waals surface area contributed by atoms with E-state index in [1.54, 1.807) is 14.2 Å². The van der Waals surface area contributed by atoms with E-state index in [9.17, 15) is 0 Å². The molecule has 0 heterocycles. The van der Waals surface area contributed by atoms with Crippen LogP contribution in [0.3, 0.4) is 0 Å². The van der Waals surface area contributed by atoms with Crippen LogP contribution in [0.25, 0.3) is 0 Å². The van der Waals surface area contributed by atoms with Crippen molar-refractivity contribution in [2.75, 3.05) is 47.1 Å². The Morgan fingerprint density at radius 1 is 1.06 bits per heavy atom. The number of methoxy groups -OCH3 is 2. The summed E-state index contributed by atoms with van der Waals surface area (Å²) in [6.45, 7) is 4.91. The van der Waals surface area contributed by atoms with E-state index in [1.165, 1.54) is 25.7 Å². The molecule has 0 bridgehead atoms. The van der Waals surface area contributed by atoms with Crippen LogP contribution < -0.4 is 5.73 Å². The van der Waals surface area contributed by atoms with Gasteiger partial charge in [-0.15, -0.1) is 0 Å². The molecule has 0 aromatic heterocycles. The summed E-state index contributed by atoms with van der Waals surface area (Å²) < 4.78 is 10.3. The topological polar surface area (TPSA) is 47.7 Å². The number of nitrogens with two attached hydrogens (primary N) is 1. The molecular formula is C14H30N2O2. The van der Waals surface area contributed by atoms with Gasteiger partial charge in [-0.05, 0) is 38.1 Å². The van der Waals surface area contributed by atoms with Crippen LogP contribution in [0, 0.1) is 5.92 Å². The Bertz CT molecular complexity index is 202. The Labute approximate surface area is 112 Å². The fourth-order valence-corrected chi connectivity index (χ4v) is 2.76. The van der Waals surface area contributed by atoms with Crippen molar-refractivity contribution in [3.8, 4) is 0 Å². The van der Waals surface area contributed by atoms with Gasteiger partial charge in [0.25, 0.3) is 0 Å². The number of ether oxygens (including phenoxy) is 2. The van der Waals surface area contributed by atoms with E-state index in [2.05, 4.69) is 4.90 Å². The van der Waals surface area contributed by atoms with Crippen LogP contribution in [-0.2, 0) is 9.47 Å². The minimum absolute atomic E-state index is 0.438. The fraction of sp³-hybridized carbons (Fsp3) is 1.00. The van der Waals surface area contributed by atoms with Crippen molar-refractivity contribution in [2.24, 2.45) is 11.7 Å². The lowest BCUT2D eigenvalue weighted by atomic mass is 10.00. The van der Waals surface area contributed by atoms with E-state index in [-0.39, 0.29) is 0 Å². The van der Waals surface area contributed by atoms with Gasteiger partial charge in [0.2, 0.25) is 0 Å². The van der Waals surface area contributed by atoms with Gasteiger partial charge in [0.15, 0.2) is 0 Å². The molecule has 1 fully saturated rings. The summed E-state index contributed by atoms with van der Waals surface area (Å²) in [6, 6.07) is 0.438. The monoisotopic (exact) mass is 258 g/mol. The van der Waals surface area contributed by atoms with Crippen molar-refractivity contribution in [3.05, 3.63) is 0 Å². The molecule has 0 aliphatic heterocycles. The highest BCUT2D eigenvalue weighted by molar-refractivity contribution is 4.80. The molecule has 0 aromatic rings. The zero-order chi connectivity index (χ0) is 13.2. The fourth-order valence-electron chi connectivity index (χ4n) is 2.76. The second kappa shape index (κ2) is 9.73. The van der Waals surface area contributed by atoms with Crippen molar-refractivity contribution in [1.29, 1.82) is 0 Å². The Morgan fingerprint density at radius 2 is 1.83 bits per heavy atom. The van der Waals surface area contributed by atoms with E-state index < -0.39 is 0 Å². The lowest BCUT2D eigenvalue weighted by molar-refractivity contribution is 0.128. The van der Waals surface area contributed by atoms with Crippen LogP contribution in [0.1, 0.15) is 32.1 Å². The Kier molecular flexibility index (Phi) is 8.59. The summed E-state index contributed by atoms with van der Waals surface area (Å²) in [7, 11) is 3.53. The normalized spacial score (nSPS) is 24.0. The molecule has 18 heavy (non-hydrogen) atoms. The highest BCUT2D eigenvalue weighted by atomic mass is 16.5. The summed E-state index contributed by atoms with van der Waals surface area (Å²) >= 11 is 0. The molecule has 0 radical (unpaired) electrons. The third-order valence-electron chi connectivity index (χ3n) is 3.97. The van der Waals surface area contributed by atoms with E-state index in [1.807, 2.05) is 0 Å². The van der Waals surface area contributed by atoms with Gasteiger partial charge in [0.05, 0.1) is 6.61 Å². The molecule has 0 spiro atoms. The quantitative estimate of drug-likeness (QED) is 0.603. The molecule has 2 N–H and O–H groups in total. The molecule has 0 amide bonds. The first-order chi connectivity index (χ1) is 8.77. The van der Waals surface area contributed by atoms with Gasteiger partial charge in [0, 0.05) is 40.0 Å². The molecule has 0 aromatic carbocycles. The minimum atomic E-state index is 0.438. The average Bonchev–Trinajstić information content (AvgIpc) is 2.78. The first-order valence-electron chi connectivity index (χ1n) is 7.23. The van der Waals surface area contributed by atoms with E-state index in [4.69, 9.17) is 15.2 Å². The number of rotatable bonds is 10. The zero-order valence-electron chi connectivity index (χ0n) is 12.1. The van der Waals surface area contributed by atoms with Crippen molar-refractivity contribution >= 4 is 0 Å². The largest absolute Gasteiger partial charge is 0.385 e. The second-order valence-electron chi connectivity index (χ2n) is 5.32. The first-order valence-corrected chi connectivity index (χ1v) is 7.23. The standard InChI is InChI=1S/C14H30N2O2/c1-17-11-4-8-16(10-12-18-2)9-7-13-5-3-6-14(13)15/h13-14H,3-12,15H2,1-2H3. The molecule has 0 saturated heterocycles. The third-order valence-corrected chi connectivity index (χ3v) is 3.97. The zero-order valence-corrected chi connectivity index (χ0v) is 12.1. The molecule has 108 valence electrons. The maximum absolute atomic E-state index is 6.12. The van der Waals surface area contributed by atoms with Gasteiger partial charge in [0.1, 0.15) is 0 Å². The summed E-state index contributed by atoms with van der Waals surface area (Å²) in [5.74, 6) is 0.734. The summed E-state index contributed by atoms with van der Waals surface area (Å²) in [5.41, 5.74) is 6.12. The number of hydrogen-bond donors (Lipinski definition) is 1. The van der Waals surface area contributed by atoms with Crippen LogP contribution in [0.15, 0.2) is 0 Å². The van der Waals surface area contributed by atoms with Gasteiger partial charge in [-0.1, -0.05) is 6.42 Å². The maximum Gasteiger partial charge on any atom is 0.0589 e. The highest BCUT2D eigenvalue weighted by Gasteiger charge is 2.23. The van der Waals surface area contributed by atoms with Gasteiger partial charge in [-0.3, -0.25) is 0 Å². The van der Waals surface area contributed by atoms with Gasteiger partial charge < -0.3 is 20.1 Å². The molecule has 1 aliphatic carbocycles. The molecular weight excluding hydrogens is 228 g/mol. The maximum atomic E-state index is 6.12. The molecule has 2 atom stereocenters. The lowest BCUT2D eigenvalue weighted by Gasteiger charge is -2.24. The minimum Gasteiger partial charge on any atom is -0.385 e. The second-order valence-corrected chi connectivity index (χ2v) is 5.32. The third kappa shape index (κ3) is 6.14. The predicted molar refractivity (Wildman–Crippen MR) is 74.7 cm³/mol. The van der Waals surface area contributed by atoms with E-state index in [0.29, 0.717) is 6.04 Å². The Hall–Kier alpha value is -0.160. The lowest BCUT2D eigenvalue weighted by Crippen LogP contribution is -2.33. The van der Waals surface area contributed by atoms with Crippen molar-refractivity contribution in [1.82, 2.24) is 4.90 Å². The van der Waals surface area contributed by atoms with Crippen LogP contribution in [0.2, 0.25) is 0 Å². The SMILES string of the molecule is COCCCN(CCOC)CCC1CCCC1N. The molecule has 4 nitrogen and oxygen atoms in total. The molecule has 2 unspecified atom stereocenters. The summed E-state index contributed by atoms with van der Waals surface area (Å²) in [4.78, 5) is 2.48.